The molecule has 25 heavy (non-hydrogen) atoms. The predicted octanol–water partition coefficient (Wildman–Crippen LogP) is 4.45. The largest absolute Gasteiger partial charge is 0.417 e. The van der Waals surface area contributed by atoms with Crippen molar-refractivity contribution in [3.05, 3.63) is 75.3 Å². The number of alkyl halides is 3. The summed E-state index contributed by atoms with van der Waals surface area (Å²) in [5, 5.41) is 10.9. The van der Waals surface area contributed by atoms with Crippen molar-refractivity contribution in [2.75, 3.05) is 7.05 Å². The monoisotopic (exact) mass is 352 g/mol. The fourth-order valence-electron chi connectivity index (χ4n) is 2.40. The first-order valence-corrected chi connectivity index (χ1v) is 7.30. The second-order valence-corrected chi connectivity index (χ2v) is 5.49. The predicted molar refractivity (Wildman–Crippen MR) is 85.0 cm³/mol. The lowest BCUT2D eigenvalue weighted by atomic mass is 10.0. The standard InChI is InChI=1S/C17H15F3N2O3/c1-11(12-6-5-7-13(10-12)22(24)25)21(2)16(23)14-8-3-4-9-15(14)17(18,19)20/h3-11H,1-2H3. The molecule has 0 aromatic heterocycles. The van der Waals surface area contributed by atoms with E-state index in [1.807, 2.05) is 0 Å². The van der Waals surface area contributed by atoms with Crippen molar-refractivity contribution in [3.63, 3.8) is 0 Å². The second kappa shape index (κ2) is 6.92. The lowest BCUT2D eigenvalue weighted by Crippen LogP contribution is -2.31. The van der Waals surface area contributed by atoms with Crippen LogP contribution in [-0.2, 0) is 6.18 Å². The minimum absolute atomic E-state index is 0.152. The van der Waals surface area contributed by atoms with Crippen LogP contribution < -0.4 is 0 Å². The van der Waals surface area contributed by atoms with E-state index in [0.717, 1.165) is 17.0 Å². The maximum atomic E-state index is 13.1. The Morgan fingerprint density at radius 1 is 1.16 bits per heavy atom. The fourth-order valence-corrected chi connectivity index (χ4v) is 2.40. The molecule has 2 rings (SSSR count). The Bertz CT molecular complexity index is 806. The van der Waals surface area contributed by atoms with Gasteiger partial charge >= 0.3 is 6.18 Å². The van der Waals surface area contributed by atoms with E-state index in [2.05, 4.69) is 0 Å². The van der Waals surface area contributed by atoms with Crippen LogP contribution >= 0.6 is 0 Å². The molecule has 1 unspecified atom stereocenters. The third-order valence-corrected chi connectivity index (χ3v) is 3.93. The molecule has 0 saturated heterocycles. The minimum Gasteiger partial charge on any atom is -0.335 e. The normalized spacial score (nSPS) is 12.5. The summed E-state index contributed by atoms with van der Waals surface area (Å²) in [6.45, 7) is 1.59. The first-order valence-electron chi connectivity index (χ1n) is 7.30. The summed E-state index contributed by atoms with van der Waals surface area (Å²) >= 11 is 0. The number of carbonyl (C=O) groups is 1. The number of halogens is 3. The molecular formula is C17H15F3N2O3. The smallest absolute Gasteiger partial charge is 0.335 e. The zero-order valence-corrected chi connectivity index (χ0v) is 13.4. The maximum absolute atomic E-state index is 13.1. The number of nitro benzene ring substituents is 1. The topological polar surface area (TPSA) is 63.5 Å². The highest BCUT2D eigenvalue weighted by Crippen LogP contribution is 2.33. The van der Waals surface area contributed by atoms with Crippen LogP contribution in [0, 0.1) is 10.1 Å². The van der Waals surface area contributed by atoms with E-state index in [-0.39, 0.29) is 5.69 Å². The molecule has 5 nitrogen and oxygen atoms in total. The van der Waals surface area contributed by atoms with Gasteiger partial charge in [0.25, 0.3) is 11.6 Å². The van der Waals surface area contributed by atoms with Crippen LogP contribution in [0.5, 0.6) is 0 Å². The van der Waals surface area contributed by atoms with Gasteiger partial charge in [0, 0.05) is 19.2 Å². The van der Waals surface area contributed by atoms with Crippen molar-refractivity contribution in [1.29, 1.82) is 0 Å². The molecule has 0 saturated carbocycles. The third-order valence-electron chi connectivity index (χ3n) is 3.93. The molecule has 132 valence electrons. The molecule has 8 heteroatoms. The zero-order chi connectivity index (χ0) is 18.8. The van der Waals surface area contributed by atoms with Crippen LogP contribution in [0.1, 0.15) is 34.5 Å². The van der Waals surface area contributed by atoms with Gasteiger partial charge in [0.2, 0.25) is 0 Å². The van der Waals surface area contributed by atoms with Crippen molar-refractivity contribution in [2.45, 2.75) is 19.1 Å². The van der Waals surface area contributed by atoms with Crippen LogP contribution in [0.15, 0.2) is 48.5 Å². The van der Waals surface area contributed by atoms with Crippen molar-refractivity contribution in [1.82, 2.24) is 4.90 Å². The highest BCUT2D eigenvalue weighted by atomic mass is 19.4. The Kier molecular flexibility index (Phi) is 5.10. The van der Waals surface area contributed by atoms with E-state index in [1.165, 1.54) is 37.4 Å². The molecule has 1 amide bonds. The van der Waals surface area contributed by atoms with Gasteiger partial charge in [-0.05, 0) is 24.6 Å². The summed E-state index contributed by atoms with van der Waals surface area (Å²) in [5.41, 5.74) is -1.18. The first-order chi connectivity index (χ1) is 11.6. The van der Waals surface area contributed by atoms with E-state index < -0.39 is 34.2 Å². The molecule has 0 aliphatic rings. The van der Waals surface area contributed by atoms with E-state index in [1.54, 1.807) is 13.0 Å². The SMILES string of the molecule is CC(c1cccc([N+](=O)[O-])c1)N(C)C(=O)c1ccccc1C(F)(F)F. The lowest BCUT2D eigenvalue weighted by molar-refractivity contribution is -0.384. The van der Waals surface area contributed by atoms with Crippen LogP contribution in [0.2, 0.25) is 0 Å². The average molecular weight is 352 g/mol. The Morgan fingerprint density at radius 3 is 2.40 bits per heavy atom. The lowest BCUT2D eigenvalue weighted by Gasteiger charge is -2.26. The molecule has 1 atom stereocenters. The second-order valence-electron chi connectivity index (χ2n) is 5.49. The highest BCUT2D eigenvalue weighted by molar-refractivity contribution is 5.96. The van der Waals surface area contributed by atoms with Gasteiger partial charge in [0.05, 0.1) is 22.1 Å². The number of hydrogen-bond acceptors (Lipinski definition) is 3. The Morgan fingerprint density at radius 2 is 1.80 bits per heavy atom. The molecule has 2 aromatic carbocycles. The molecule has 0 heterocycles. The Hall–Kier alpha value is -2.90. The van der Waals surface area contributed by atoms with E-state index >= 15 is 0 Å². The van der Waals surface area contributed by atoms with Crippen molar-refractivity contribution in [3.8, 4) is 0 Å². The van der Waals surface area contributed by atoms with Crippen LogP contribution in [0.25, 0.3) is 0 Å². The van der Waals surface area contributed by atoms with Gasteiger partial charge in [-0.15, -0.1) is 0 Å². The molecule has 0 aliphatic carbocycles. The van der Waals surface area contributed by atoms with Gasteiger partial charge in [-0.1, -0.05) is 24.3 Å². The molecular weight excluding hydrogens is 337 g/mol. The minimum atomic E-state index is -4.65. The summed E-state index contributed by atoms with van der Waals surface area (Å²) < 4.78 is 39.3. The van der Waals surface area contributed by atoms with Gasteiger partial charge in [-0.3, -0.25) is 14.9 Å². The molecule has 0 N–H and O–H groups in total. The Balaban J connectivity index is 2.35. The van der Waals surface area contributed by atoms with Crippen molar-refractivity contribution in [2.24, 2.45) is 0 Å². The quantitative estimate of drug-likeness (QED) is 0.603. The maximum Gasteiger partial charge on any atom is 0.417 e. The van der Waals surface area contributed by atoms with E-state index in [0.29, 0.717) is 5.56 Å². The van der Waals surface area contributed by atoms with Crippen LogP contribution in [0.4, 0.5) is 18.9 Å². The Labute approximate surface area is 141 Å². The third kappa shape index (κ3) is 3.96. The van der Waals surface area contributed by atoms with Gasteiger partial charge < -0.3 is 4.90 Å². The number of carbonyl (C=O) groups excluding carboxylic acids is 1. The van der Waals surface area contributed by atoms with Crippen LogP contribution in [0.3, 0.4) is 0 Å². The fraction of sp³-hybridized carbons (Fsp3) is 0.235. The number of nitro groups is 1. The number of non-ortho nitro benzene ring substituents is 1. The average Bonchev–Trinajstić information content (AvgIpc) is 2.59. The number of rotatable bonds is 4. The van der Waals surface area contributed by atoms with Gasteiger partial charge in [-0.2, -0.15) is 13.2 Å². The summed E-state index contributed by atoms with van der Waals surface area (Å²) in [6, 6.07) is 9.52. The van der Waals surface area contributed by atoms with Crippen molar-refractivity contribution >= 4 is 11.6 Å². The number of hydrogen-bond donors (Lipinski definition) is 0. The summed E-state index contributed by atoms with van der Waals surface area (Å²) in [6.07, 6.45) is -4.65. The van der Waals surface area contributed by atoms with E-state index in [4.69, 9.17) is 0 Å². The number of nitrogens with zero attached hydrogens (tertiary/aromatic N) is 2. The molecule has 0 fully saturated rings. The molecule has 0 radical (unpaired) electrons. The van der Waals surface area contributed by atoms with Gasteiger partial charge in [0.15, 0.2) is 0 Å². The number of amides is 1. The molecule has 2 aromatic rings. The first kappa shape index (κ1) is 18.4. The zero-order valence-electron chi connectivity index (χ0n) is 13.4. The summed E-state index contributed by atoms with van der Waals surface area (Å²) in [7, 11) is 1.36. The van der Waals surface area contributed by atoms with E-state index in [9.17, 15) is 28.1 Å². The van der Waals surface area contributed by atoms with Gasteiger partial charge in [-0.25, -0.2) is 0 Å². The van der Waals surface area contributed by atoms with Crippen molar-refractivity contribution < 1.29 is 22.9 Å². The van der Waals surface area contributed by atoms with Crippen LogP contribution in [-0.4, -0.2) is 22.8 Å². The summed E-state index contributed by atoms with van der Waals surface area (Å²) in [4.78, 5) is 23.9. The molecule has 0 aliphatic heterocycles. The highest BCUT2D eigenvalue weighted by Gasteiger charge is 2.36. The van der Waals surface area contributed by atoms with Gasteiger partial charge in [0.1, 0.15) is 0 Å². The molecule has 0 bridgehead atoms. The number of benzene rings is 2. The summed E-state index contributed by atoms with van der Waals surface area (Å²) in [5.74, 6) is -0.813. The molecule has 0 spiro atoms.